The van der Waals surface area contributed by atoms with Crippen LogP contribution in [0.4, 0.5) is 0 Å². The van der Waals surface area contributed by atoms with E-state index in [-0.39, 0.29) is 15.9 Å². The molecule has 0 atom stereocenters. The van der Waals surface area contributed by atoms with Crippen molar-refractivity contribution >= 4 is 98.5 Å². The Bertz CT molecular complexity index is 35.8. The summed E-state index contributed by atoms with van der Waals surface area (Å²) in [5.41, 5.74) is 0. The summed E-state index contributed by atoms with van der Waals surface area (Å²) in [6, 6.07) is 0. The summed E-state index contributed by atoms with van der Waals surface area (Å²) in [5.74, 6) is -2.41. The van der Waals surface area contributed by atoms with Crippen LogP contribution in [0, 0.1) is 0 Å². The SMILES string of the molecule is ClP(Cl)Cl.ClP(Cl)Cl.[Cl][Pd][Cl]. The Kier molecular flexibility index (Phi) is 35.8. The van der Waals surface area contributed by atoms with Crippen molar-refractivity contribution in [1.82, 2.24) is 0 Å². The Hall–Kier alpha value is 3.84. The van der Waals surface area contributed by atoms with E-state index in [1.54, 1.807) is 0 Å². The normalized spacial score (nSPS) is 8.55. The van der Waals surface area contributed by atoms with Crippen LogP contribution in [0.2, 0.25) is 0 Å². The molecule has 0 aromatic carbocycles. The molecule has 76 valence electrons. The molecule has 0 spiro atoms. The summed E-state index contributed by atoms with van der Waals surface area (Å²) in [6.45, 7) is 0. The minimum atomic E-state index is -1.20. The molecule has 0 heterocycles. The molecule has 0 aliphatic carbocycles. The van der Waals surface area contributed by atoms with Crippen molar-refractivity contribution in [2.24, 2.45) is 0 Å². The third-order valence-corrected chi connectivity index (χ3v) is 0. The molecule has 0 rings (SSSR count). The molecule has 11 heteroatoms. The van der Waals surface area contributed by atoms with E-state index in [9.17, 15) is 0 Å². The van der Waals surface area contributed by atoms with Crippen LogP contribution in [0.1, 0.15) is 0 Å². The van der Waals surface area contributed by atoms with Crippen LogP contribution in [0.3, 0.4) is 0 Å². The molecule has 0 unspecified atom stereocenters. The topological polar surface area (TPSA) is 0 Å². The summed E-state index contributed by atoms with van der Waals surface area (Å²) >= 11 is 29.1. The minimum absolute atomic E-state index is 0.106. The summed E-state index contributed by atoms with van der Waals surface area (Å²) in [7, 11) is 9.63. The molecule has 0 aromatic rings. The first-order chi connectivity index (χ1) is 4.88. The van der Waals surface area contributed by atoms with Crippen LogP contribution in [0.15, 0.2) is 0 Å². The van der Waals surface area contributed by atoms with Gasteiger partial charge in [-0.3, -0.25) is 0 Å². The van der Waals surface area contributed by atoms with E-state index in [1.165, 1.54) is 0 Å². The second-order valence-electron chi connectivity index (χ2n) is 0.429. The van der Waals surface area contributed by atoms with Crippen molar-refractivity contribution in [3.8, 4) is 0 Å². The zero-order valence-corrected chi connectivity index (χ0v) is 13.6. The summed E-state index contributed by atoms with van der Waals surface area (Å²) in [6.07, 6.45) is 0. The summed E-state index contributed by atoms with van der Waals surface area (Å²) in [4.78, 5) is 0. The van der Waals surface area contributed by atoms with Gasteiger partial charge in [0.25, 0.3) is 0 Å². The van der Waals surface area contributed by atoms with Gasteiger partial charge in [0, 0.05) is 0 Å². The number of rotatable bonds is 0. The van der Waals surface area contributed by atoms with Gasteiger partial charge in [0.1, 0.15) is 0 Å². The van der Waals surface area contributed by atoms with E-state index < -0.39 is 12.0 Å². The monoisotopic (exact) mass is 448 g/mol. The van der Waals surface area contributed by atoms with E-state index in [0.29, 0.717) is 0 Å². The Morgan fingerprint density at radius 2 is 0.636 bits per heavy atom. The fraction of sp³-hybridized carbons (Fsp3) is 0. The van der Waals surface area contributed by atoms with Crippen LogP contribution in [-0.2, 0) is 15.9 Å². The molecule has 0 fully saturated rings. The zero-order chi connectivity index (χ0) is 9.86. The molecule has 0 aliphatic rings. The maximum absolute atomic E-state index is 4.87. The second-order valence-corrected chi connectivity index (χ2v) is 12.8. The van der Waals surface area contributed by atoms with E-state index >= 15 is 0 Å². The molecular weight excluding hydrogens is 452 g/mol. The van der Waals surface area contributed by atoms with Crippen molar-refractivity contribution in [2.45, 2.75) is 0 Å². The predicted molar refractivity (Wildman–Crippen MR) is 60.7 cm³/mol. The Morgan fingerprint density at radius 1 is 0.636 bits per heavy atom. The van der Waals surface area contributed by atoms with Crippen LogP contribution in [0.25, 0.3) is 0 Å². The first-order valence-corrected chi connectivity index (χ1v) is 13.4. The predicted octanol–water partition coefficient (Wildman–Crippen LogP) is 7.24. The van der Waals surface area contributed by atoms with Crippen molar-refractivity contribution in [1.29, 1.82) is 0 Å². The van der Waals surface area contributed by atoms with Gasteiger partial charge in [-0.1, -0.05) is 67.4 Å². The molecular formula is Cl8P2Pd. The first-order valence-electron chi connectivity index (χ1n) is 1.25. The molecule has 11 heavy (non-hydrogen) atoms. The molecule has 0 saturated heterocycles. The fourth-order valence-corrected chi connectivity index (χ4v) is 0. The Morgan fingerprint density at radius 3 is 0.636 bits per heavy atom. The Balaban J connectivity index is -0.0000000886. The average molecular weight is 452 g/mol. The van der Waals surface area contributed by atoms with Gasteiger partial charge in [0.2, 0.25) is 0 Å². The van der Waals surface area contributed by atoms with Crippen LogP contribution >= 0.6 is 98.5 Å². The van der Waals surface area contributed by atoms with Crippen molar-refractivity contribution < 1.29 is 15.9 Å². The third kappa shape index (κ3) is 131. The van der Waals surface area contributed by atoms with E-state index in [1.807, 2.05) is 0 Å². The van der Waals surface area contributed by atoms with Gasteiger partial charge in [-0.15, -0.1) is 0 Å². The molecule has 0 amide bonds. The standard InChI is InChI=1S/2Cl3P.2ClH.Pd/c2*1-4(2)3;;;/h;;2*1H;/q;;;;+2/p-2. The van der Waals surface area contributed by atoms with Crippen molar-refractivity contribution in [3.63, 3.8) is 0 Å². The second kappa shape index (κ2) is 19.4. The molecule has 0 bridgehead atoms. The van der Waals surface area contributed by atoms with Crippen LogP contribution in [-0.4, -0.2) is 0 Å². The zero-order valence-electron chi connectivity index (χ0n) is 4.23. The van der Waals surface area contributed by atoms with E-state index in [0.717, 1.165) is 0 Å². The maximum atomic E-state index is 4.87. The molecule has 0 saturated carbocycles. The van der Waals surface area contributed by atoms with E-state index in [2.05, 4.69) is 0 Å². The van der Waals surface area contributed by atoms with Crippen LogP contribution < -0.4 is 0 Å². The summed E-state index contributed by atoms with van der Waals surface area (Å²) in [5, 5.41) is 0. The fourth-order valence-electron chi connectivity index (χ4n) is 0. The van der Waals surface area contributed by atoms with E-state index in [4.69, 9.17) is 86.5 Å². The van der Waals surface area contributed by atoms with Gasteiger partial charge >= 0.3 is 35.0 Å². The van der Waals surface area contributed by atoms with Gasteiger partial charge in [-0.25, -0.2) is 0 Å². The number of hydrogen-bond acceptors (Lipinski definition) is 0. The van der Waals surface area contributed by atoms with Gasteiger partial charge in [0.15, 0.2) is 12.0 Å². The molecule has 0 nitrogen and oxygen atoms in total. The Labute approximate surface area is 113 Å². The quantitative estimate of drug-likeness (QED) is 0.269. The molecule has 0 radical (unpaired) electrons. The van der Waals surface area contributed by atoms with Crippen molar-refractivity contribution in [3.05, 3.63) is 0 Å². The summed E-state index contributed by atoms with van der Waals surface area (Å²) < 4.78 is 0. The average Bonchev–Trinajstić information content (AvgIpc) is 1.60. The molecule has 0 N–H and O–H groups in total. The van der Waals surface area contributed by atoms with Gasteiger partial charge in [0.05, 0.1) is 0 Å². The molecule has 0 aromatic heterocycles. The third-order valence-electron chi connectivity index (χ3n) is 0. The first kappa shape index (κ1) is 20.3. The van der Waals surface area contributed by atoms with Gasteiger partial charge < -0.3 is 0 Å². The number of halogens is 8. The van der Waals surface area contributed by atoms with Gasteiger partial charge in [-0.05, 0) is 0 Å². The van der Waals surface area contributed by atoms with Gasteiger partial charge in [-0.2, -0.15) is 0 Å². The molecule has 0 aliphatic heterocycles. The van der Waals surface area contributed by atoms with Crippen molar-refractivity contribution in [2.75, 3.05) is 0 Å². The number of hydrogen-bond donors (Lipinski definition) is 0. The van der Waals surface area contributed by atoms with Crippen LogP contribution in [0.5, 0.6) is 0 Å².